The normalized spacial score (nSPS) is 13.8. The Morgan fingerprint density at radius 2 is 1.22 bits per heavy atom. The number of hydrogen-bond acceptors (Lipinski definition) is 4. The minimum Gasteiger partial charge on any atom is -0.395 e. The Hall–Kier alpha value is -1.20. The van der Waals surface area contributed by atoms with Crippen LogP contribution in [0.2, 0.25) is 0 Å². The summed E-state index contributed by atoms with van der Waals surface area (Å²) >= 11 is 0. The van der Waals surface area contributed by atoms with E-state index in [9.17, 15) is 0 Å². The molecule has 0 aromatic heterocycles. The van der Waals surface area contributed by atoms with E-state index in [1.54, 1.807) is 6.08 Å². The average molecular weight is 457 g/mol. The summed E-state index contributed by atoms with van der Waals surface area (Å²) in [7, 11) is 0. The van der Waals surface area contributed by atoms with Crippen LogP contribution in [0.15, 0.2) is 48.1 Å². The van der Waals surface area contributed by atoms with Crippen LogP contribution in [-0.4, -0.2) is 46.9 Å². The second-order valence-corrected chi connectivity index (χ2v) is 8.06. The van der Waals surface area contributed by atoms with Gasteiger partial charge in [0.15, 0.2) is 0 Å². The fourth-order valence-corrected chi connectivity index (χ4v) is 1.98. The Morgan fingerprint density at radius 1 is 0.812 bits per heavy atom. The molecule has 0 aliphatic carbocycles. The molecular formula is C28H56O4. The topological polar surface area (TPSA) is 80.9 Å². The molecule has 0 aromatic rings. The number of rotatable bonds is 12. The molecule has 0 aliphatic rings. The highest BCUT2D eigenvalue weighted by Gasteiger charge is 2.14. The average Bonchev–Trinajstić information content (AvgIpc) is 2.85. The molecule has 0 spiro atoms. The molecule has 0 amide bonds. The smallest absolute Gasteiger partial charge is 0.0641 e. The Labute approximate surface area is 200 Å². The molecule has 2 unspecified atom stereocenters. The first kappa shape index (κ1) is 38.1. The van der Waals surface area contributed by atoms with E-state index in [0.29, 0.717) is 5.92 Å². The summed E-state index contributed by atoms with van der Waals surface area (Å²) in [4.78, 5) is 0. The second-order valence-electron chi connectivity index (χ2n) is 8.06. The maximum Gasteiger partial charge on any atom is 0.0641 e. The molecule has 0 aliphatic heterocycles. The summed E-state index contributed by atoms with van der Waals surface area (Å²) in [5.74, 6) is 0.472. The fraction of sp³-hybridized carbons (Fsp3) is 0.714. The molecule has 192 valence electrons. The first-order chi connectivity index (χ1) is 15.1. The number of allylic oxidation sites excluding steroid dienone is 2. The van der Waals surface area contributed by atoms with Crippen molar-refractivity contribution in [3.63, 3.8) is 0 Å². The molecule has 0 radical (unpaired) electrons. The lowest BCUT2D eigenvalue weighted by Crippen LogP contribution is -2.15. The zero-order valence-electron chi connectivity index (χ0n) is 22.6. The summed E-state index contributed by atoms with van der Waals surface area (Å²) in [6.45, 7) is 24.5. The Balaban J connectivity index is -0.000000163. The van der Waals surface area contributed by atoms with Crippen molar-refractivity contribution in [1.82, 2.24) is 0 Å². The molecule has 4 heteroatoms. The summed E-state index contributed by atoms with van der Waals surface area (Å²) < 4.78 is 0. The van der Waals surface area contributed by atoms with Crippen LogP contribution in [0.5, 0.6) is 0 Å². The maximum absolute atomic E-state index is 8.71. The van der Waals surface area contributed by atoms with Gasteiger partial charge >= 0.3 is 0 Å². The molecule has 0 bridgehead atoms. The molecular weight excluding hydrogens is 400 g/mol. The van der Waals surface area contributed by atoms with Crippen molar-refractivity contribution < 1.29 is 20.4 Å². The monoisotopic (exact) mass is 456 g/mol. The van der Waals surface area contributed by atoms with E-state index < -0.39 is 0 Å². The van der Waals surface area contributed by atoms with Crippen LogP contribution in [-0.2, 0) is 0 Å². The van der Waals surface area contributed by atoms with Gasteiger partial charge in [-0.2, -0.15) is 0 Å². The third-order valence-corrected chi connectivity index (χ3v) is 5.47. The van der Waals surface area contributed by atoms with E-state index in [2.05, 4.69) is 66.9 Å². The van der Waals surface area contributed by atoms with Gasteiger partial charge in [-0.1, -0.05) is 80.2 Å². The zero-order chi connectivity index (χ0) is 26.0. The predicted molar refractivity (Wildman–Crippen MR) is 143 cm³/mol. The van der Waals surface area contributed by atoms with Crippen LogP contribution in [0.4, 0.5) is 0 Å². The highest BCUT2D eigenvalue weighted by Crippen LogP contribution is 2.20. The van der Waals surface area contributed by atoms with E-state index in [-0.39, 0.29) is 31.8 Å². The lowest BCUT2D eigenvalue weighted by Gasteiger charge is -2.19. The minimum atomic E-state index is -0.0556. The van der Waals surface area contributed by atoms with Gasteiger partial charge < -0.3 is 20.4 Å². The molecule has 0 saturated carbocycles. The largest absolute Gasteiger partial charge is 0.395 e. The van der Waals surface area contributed by atoms with Crippen LogP contribution < -0.4 is 0 Å². The first-order valence-corrected chi connectivity index (χ1v) is 12.2. The van der Waals surface area contributed by atoms with Crippen LogP contribution in [0.1, 0.15) is 93.9 Å². The molecule has 4 N–H and O–H groups in total. The van der Waals surface area contributed by atoms with Gasteiger partial charge in [-0.05, 0) is 61.2 Å². The SMILES string of the molecule is C=C(CO)C(C)CC.C=CC(C)(CC)CO.CC/C=C(/CC)CO.CC/C=C(\CC)CO. The van der Waals surface area contributed by atoms with E-state index >= 15 is 0 Å². The van der Waals surface area contributed by atoms with Gasteiger partial charge in [-0.3, -0.25) is 0 Å². The number of aliphatic hydroxyl groups is 4. The molecule has 0 fully saturated rings. The first-order valence-electron chi connectivity index (χ1n) is 12.2. The molecule has 4 nitrogen and oxygen atoms in total. The Bertz CT molecular complexity index is 440. The van der Waals surface area contributed by atoms with Crippen molar-refractivity contribution in [3.8, 4) is 0 Å². The van der Waals surface area contributed by atoms with Crippen molar-refractivity contribution in [1.29, 1.82) is 0 Å². The minimum absolute atomic E-state index is 0.0556. The van der Waals surface area contributed by atoms with E-state index in [1.807, 2.05) is 13.8 Å². The molecule has 32 heavy (non-hydrogen) atoms. The Morgan fingerprint density at radius 3 is 1.28 bits per heavy atom. The molecule has 0 rings (SSSR count). The number of aliphatic hydroxyl groups excluding tert-OH is 4. The predicted octanol–water partition coefficient (Wildman–Crippen LogP) is 6.61. The number of hydrogen-bond donors (Lipinski definition) is 4. The van der Waals surface area contributed by atoms with Crippen LogP contribution in [0.25, 0.3) is 0 Å². The summed E-state index contributed by atoms with van der Waals surface area (Å²) in [6.07, 6.45) is 12.0. The van der Waals surface area contributed by atoms with Gasteiger partial charge in [0.2, 0.25) is 0 Å². The lowest BCUT2D eigenvalue weighted by molar-refractivity contribution is 0.181. The third-order valence-electron chi connectivity index (χ3n) is 5.47. The van der Waals surface area contributed by atoms with E-state index in [0.717, 1.165) is 55.2 Å². The summed E-state index contributed by atoms with van der Waals surface area (Å²) in [5, 5.41) is 34.4. The fourth-order valence-electron chi connectivity index (χ4n) is 1.98. The molecule has 0 aromatic carbocycles. The maximum atomic E-state index is 8.71. The van der Waals surface area contributed by atoms with Gasteiger partial charge in [-0.25, -0.2) is 0 Å². The van der Waals surface area contributed by atoms with Gasteiger partial charge in [0.1, 0.15) is 0 Å². The zero-order valence-corrected chi connectivity index (χ0v) is 22.6. The van der Waals surface area contributed by atoms with E-state index in [4.69, 9.17) is 20.4 Å². The highest BCUT2D eigenvalue weighted by atomic mass is 16.3. The van der Waals surface area contributed by atoms with Crippen molar-refractivity contribution in [2.45, 2.75) is 93.9 Å². The third kappa shape index (κ3) is 25.1. The Kier molecular flexibility index (Phi) is 33.1. The second kappa shape index (κ2) is 27.8. The summed E-state index contributed by atoms with van der Waals surface area (Å²) in [6, 6.07) is 0. The lowest BCUT2D eigenvalue weighted by atomic mass is 9.89. The van der Waals surface area contributed by atoms with Crippen LogP contribution in [0.3, 0.4) is 0 Å². The standard InChI is InChI=1S/4C7H14O/c1-4-6(2)7(3)5-8;1-4-7(3,5-2)6-8;2*1-3-5-7(4-2)6-8/h6,8H,3-5H2,1-2H3;4,8H,1,5-6H2,2-3H3;2*5,8H,3-4,6H2,1-2H3/b;;7-5+;7-5-. The highest BCUT2D eigenvalue weighted by molar-refractivity contribution is 5.00. The van der Waals surface area contributed by atoms with Crippen molar-refractivity contribution >= 4 is 0 Å². The molecule has 0 saturated heterocycles. The molecule has 2 atom stereocenters. The summed E-state index contributed by atoms with van der Waals surface area (Å²) in [5.41, 5.74) is 3.17. The van der Waals surface area contributed by atoms with Gasteiger partial charge in [-0.15, -0.1) is 6.58 Å². The van der Waals surface area contributed by atoms with Crippen molar-refractivity contribution in [2.24, 2.45) is 11.3 Å². The van der Waals surface area contributed by atoms with Gasteiger partial charge in [0.05, 0.1) is 26.4 Å². The van der Waals surface area contributed by atoms with Gasteiger partial charge in [0.25, 0.3) is 0 Å². The van der Waals surface area contributed by atoms with Crippen LogP contribution in [0, 0.1) is 11.3 Å². The quantitative estimate of drug-likeness (QED) is 0.249. The van der Waals surface area contributed by atoms with Gasteiger partial charge in [0, 0.05) is 5.41 Å². The van der Waals surface area contributed by atoms with Crippen molar-refractivity contribution in [3.05, 3.63) is 48.1 Å². The van der Waals surface area contributed by atoms with Crippen molar-refractivity contribution in [2.75, 3.05) is 26.4 Å². The molecule has 0 heterocycles. The van der Waals surface area contributed by atoms with Crippen LogP contribution >= 0.6 is 0 Å². The van der Waals surface area contributed by atoms with E-state index in [1.165, 1.54) is 0 Å².